The smallest absolute Gasteiger partial charge is 0.286 e. The number of carbonyl (C=O) groups is 1. The predicted octanol–water partition coefficient (Wildman–Crippen LogP) is 4.32. The number of aromatic nitrogens is 1. The summed E-state index contributed by atoms with van der Waals surface area (Å²) in [6.45, 7) is 10.5. The van der Waals surface area contributed by atoms with Gasteiger partial charge in [-0.3, -0.25) is 4.79 Å². The van der Waals surface area contributed by atoms with Crippen LogP contribution in [0.4, 0.5) is 0 Å². The summed E-state index contributed by atoms with van der Waals surface area (Å²) in [4.78, 5) is 17.3. The third-order valence-electron chi connectivity index (χ3n) is 4.27. The molecule has 3 rings (SSSR count). The van der Waals surface area contributed by atoms with E-state index in [4.69, 9.17) is 4.74 Å². The van der Waals surface area contributed by atoms with Crippen LogP contribution in [-0.4, -0.2) is 17.1 Å². The van der Waals surface area contributed by atoms with Gasteiger partial charge in [0.2, 0.25) is 0 Å². The number of allylic oxidation sites excluding steroid dienone is 1. The molecule has 0 aliphatic carbocycles. The van der Waals surface area contributed by atoms with E-state index in [9.17, 15) is 4.79 Å². The molecule has 0 bridgehead atoms. The molecular weight excluding hydrogens is 344 g/mol. The summed E-state index contributed by atoms with van der Waals surface area (Å²) >= 11 is 1.51. The molecule has 26 heavy (non-hydrogen) atoms. The molecule has 0 aliphatic rings. The second-order valence-electron chi connectivity index (χ2n) is 6.25. The van der Waals surface area contributed by atoms with Crippen molar-refractivity contribution in [3.63, 3.8) is 0 Å². The maximum atomic E-state index is 12.3. The molecule has 0 saturated heterocycles. The van der Waals surface area contributed by atoms with Gasteiger partial charge in [0.25, 0.3) is 5.91 Å². The van der Waals surface area contributed by atoms with Crippen molar-refractivity contribution in [2.75, 3.05) is 6.61 Å². The highest BCUT2D eigenvalue weighted by atomic mass is 32.1. The van der Waals surface area contributed by atoms with Crippen LogP contribution in [0.1, 0.15) is 16.7 Å². The lowest BCUT2D eigenvalue weighted by Crippen LogP contribution is -2.19. The first-order chi connectivity index (χ1) is 12.5. The number of hydrogen-bond donors (Lipinski definition) is 0. The second-order valence-corrected chi connectivity index (χ2v) is 7.26. The van der Waals surface area contributed by atoms with Gasteiger partial charge in [0.15, 0.2) is 11.4 Å². The number of nitrogens with zero attached hydrogens (tertiary/aromatic N) is 2. The number of rotatable bonds is 5. The molecule has 1 aromatic heterocycles. The molecule has 2 aromatic carbocycles. The Morgan fingerprint density at radius 3 is 2.65 bits per heavy atom. The number of carbonyl (C=O) groups excluding carboxylic acids is 1. The molecule has 0 unspecified atom stereocenters. The second kappa shape index (κ2) is 7.70. The average Bonchev–Trinajstić information content (AvgIpc) is 2.91. The normalized spacial score (nSPS) is 11.7. The largest absolute Gasteiger partial charge is 0.483 e. The molecule has 3 aromatic rings. The fraction of sp³-hybridized carbons (Fsp3) is 0.238. The van der Waals surface area contributed by atoms with Gasteiger partial charge < -0.3 is 9.30 Å². The van der Waals surface area contributed by atoms with Crippen LogP contribution >= 0.6 is 11.3 Å². The minimum atomic E-state index is -0.300. The fourth-order valence-electron chi connectivity index (χ4n) is 2.71. The van der Waals surface area contributed by atoms with E-state index in [1.807, 2.05) is 41.8 Å². The van der Waals surface area contributed by atoms with Crippen LogP contribution in [0, 0.1) is 20.8 Å². The Kier molecular flexibility index (Phi) is 5.38. The molecule has 0 fully saturated rings. The lowest BCUT2D eigenvalue weighted by Gasteiger charge is -2.06. The third-order valence-corrected chi connectivity index (χ3v) is 5.32. The first-order valence-corrected chi connectivity index (χ1v) is 9.28. The highest BCUT2D eigenvalue weighted by Gasteiger charge is 2.09. The summed E-state index contributed by atoms with van der Waals surface area (Å²) in [6, 6.07) is 11.9. The Morgan fingerprint density at radius 1 is 1.19 bits per heavy atom. The highest BCUT2D eigenvalue weighted by Crippen LogP contribution is 2.22. The van der Waals surface area contributed by atoms with Crippen LogP contribution in [0.15, 0.2) is 54.0 Å². The summed E-state index contributed by atoms with van der Waals surface area (Å²) in [6.07, 6.45) is 1.81. The van der Waals surface area contributed by atoms with Crippen molar-refractivity contribution in [3.8, 4) is 5.75 Å². The molecule has 0 radical (unpaired) electrons. The van der Waals surface area contributed by atoms with Gasteiger partial charge in [-0.1, -0.05) is 35.6 Å². The number of para-hydroxylation sites is 1. The van der Waals surface area contributed by atoms with Crippen molar-refractivity contribution in [2.45, 2.75) is 27.3 Å². The summed E-state index contributed by atoms with van der Waals surface area (Å²) in [5, 5.41) is 0. The summed E-state index contributed by atoms with van der Waals surface area (Å²) in [5.41, 5.74) is 4.51. The van der Waals surface area contributed by atoms with E-state index in [1.54, 1.807) is 0 Å². The lowest BCUT2D eigenvalue weighted by molar-refractivity contribution is -0.120. The first-order valence-electron chi connectivity index (χ1n) is 8.47. The molecular formula is C21H22N2O2S. The average molecular weight is 366 g/mol. The van der Waals surface area contributed by atoms with Gasteiger partial charge in [0.05, 0.1) is 10.2 Å². The lowest BCUT2D eigenvalue weighted by atomic mass is 10.1. The summed E-state index contributed by atoms with van der Waals surface area (Å²) in [7, 11) is 0. The van der Waals surface area contributed by atoms with E-state index in [2.05, 4.69) is 37.6 Å². The number of ether oxygens (including phenoxy) is 1. The highest BCUT2D eigenvalue weighted by molar-refractivity contribution is 7.16. The molecule has 0 saturated carbocycles. The summed E-state index contributed by atoms with van der Waals surface area (Å²) < 4.78 is 8.75. The Morgan fingerprint density at radius 2 is 1.92 bits per heavy atom. The van der Waals surface area contributed by atoms with E-state index in [-0.39, 0.29) is 12.5 Å². The maximum absolute atomic E-state index is 12.3. The van der Waals surface area contributed by atoms with E-state index in [0.29, 0.717) is 17.1 Å². The Bertz CT molecular complexity index is 1040. The fourth-order valence-corrected chi connectivity index (χ4v) is 3.85. The van der Waals surface area contributed by atoms with E-state index in [1.165, 1.54) is 22.5 Å². The van der Waals surface area contributed by atoms with Crippen LogP contribution in [0.5, 0.6) is 5.75 Å². The Labute approximate surface area is 157 Å². The first kappa shape index (κ1) is 18.1. The number of amides is 1. The van der Waals surface area contributed by atoms with Gasteiger partial charge in [-0.2, -0.15) is 4.99 Å². The number of thiazole rings is 1. The minimum absolute atomic E-state index is 0.0781. The van der Waals surface area contributed by atoms with E-state index in [0.717, 1.165) is 15.8 Å². The molecule has 134 valence electrons. The minimum Gasteiger partial charge on any atom is -0.483 e. The molecule has 4 nitrogen and oxygen atoms in total. The zero-order valence-corrected chi connectivity index (χ0v) is 16.1. The van der Waals surface area contributed by atoms with Gasteiger partial charge in [0.1, 0.15) is 5.75 Å². The number of fused-ring (bicyclic) bond motifs is 1. The number of aryl methyl sites for hydroxylation is 3. The van der Waals surface area contributed by atoms with Crippen LogP contribution in [-0.2, 0) is 11.3 Å². The van der Waals surface area contributed by atoms with Crippen molar-refractivity contribution in [1.82, 2.24) is 4.57 Å². The molecule has 5 heteroatoms. The summed E-state index contributed by atoms with van der Waals surface area (Å²) in [5.74, 6) is 0.406. The van der Waals surface area contributed by atoms with Gasteiger partial charge in [0, 0.05) is 6.54 Å². The van der Waals surface area contributed by atoms with Gasteiger partial charge in [-0.15, -0.1) is 6.58 Å². The molecule has 0 atom stereocenters. The standard InChI is InChI=1S/C21H22N2O2S/c1-5-10-23-17-11-15(3)16(4)12-19(17)26-21(23)22-20(24)13-25-18-9-7-6-8-14(18)2/h5-9,11-12H,1,10,13H2,2-4H3. The molecule has 0 aliphatic heterocycles. The van der Waals surface area contributed by atoms with Crippen molar-refractivity contribution in [2.24, 2.45) is 4.99 Å². The quantitative estimate of drug-likeness (QED) is 0.631. The van der Waals surface area contributed by atoms with Gasteiger partial charge >= 0.3 is 0 Å². The Balaban J connectivity index is 1.92. The van der Waals surface area contributed by atoms with E-state index < -0.39 is 0 Å². The zero-order valence-electron chi connectivity index (χ0n) is 15.3. The van der Waals surface area contributed by atoms with E-state index >= 15 is 0 Å². The van der Waals surface area contributed by atoms with Crippen LogP contribution in [0.2, 0.25) is 0 Å². The van der Waals surface area contributed by atoms with Crippen molar-refractivity contribution < 1.29 is 9.53 Å². The van der Waals surface area contributed by atoms with Crippen molar-refractivity contribution in [3.05, 3.63) is 70.5 Å². The van der Waals surface area contributed by atoms with Gasteiger partial charge in [-0.05, 0) is 55.7 Å². The van der Waals surface area contributed by atoms with Crippen LogP contribution in [0.25, 0.3) is 10.2 Å². The van der Waals surface area contributed by atoms with Crippen LogP contribution < -0.4 is 9.54 Å². The number of hydrogen-bond acceptors (Lipinski definition) is 3. The molecule has 0 spiro atoms. The van der Waals surface area contributed by atoms with Crippen LogP contribution in [0.3, 0.4) is 0 Å². The predicted molar refractivity (Wildman–Crippen MR) is 107 cm³/mol. The SMILES string of the molecule is C=CCn1c(=NC(=O)COc2ccccc2C)sc2cc(C)c(C)cc21. The Hall–Kier alpha value is -2.66. The maximum Gasteiger partial charge on any atom is 0.286 e. The monoisotopic (exact) mass is 366 g/mol. The van der Waals surface area contributed by atoms with Gasteiger partial charge in [-0.25, -0.2) is 0 Å². The topological polar surface area (TPSA) is 43.6 Å². The van der Waals surface area contributed by atoms with Crippen molar-refractivity contribution >= 4 is 27.5 Å². The number of benzene rings is 2. The molecule has 1 heterocycles. The zero-order chi connectivity index (χ0) is 18.7. The third kappa shape index (κ3) is 3.78. The van der Waals surface area contributed by atoms with Crippen molar-refractivity contribution in [1.29, 1.82) is 0 Å². The molecule has 1 amide bonds. The molecule has 0 N–H and O–H groups in total.